The molecule has 18 heavy (non-hydrogen) atoms. The predicted octanol–water partition coefficient (Wildman–Crippen LogP) is 1.25. The maximum Gasteiger partial charge on any atom is 0.223 e. The van der Waals surface area contributed by atoms with Crippen LogP contribution in [0, 0.1) is 5.92 Å². The SMILES string of the molecule is CCN(CC)CCNC(=O)[C@H]1CCN[C@@H](C)C1.Cl. The molecule has 0 unspecified atom stereocenters. The zero-order valence-corrected chi connectivity index (χ0v) is 12.7. The van der Waals surface area contributed by atoms with Crippen LogP contribution in [0.2, 0.25) is 0 Å². The average molecular weight is 278 g/mol. The monoisotopic (exact) mass is 277 g/mol. The second-order valence-corrected chi connectivity index (χ2v) is 4.89. The van der Waals surface area contributed by atoms with Gasteiger partial charge in [-0.25, -0.2) is 0 Å². The van der Waals surface area contributed by atoms with E-state index >= 15 is 0 Å². The van der Waals surface area contributed by atoms with E-state index < -0.39 is 0 Å². The quantitative estimate of drug-likeness (QED) is 0.768. The number of amides is 1. The molecule has 4 nitrogen and oxygen atoms in total. The number of carbonyl (C=O) groups excluding carboxylic acids is 1. The van der Waals surface area contributed by atoms with Crippen LogP contribution >= 0.6 is 12.4 Å². The van der Waals surface area contributed by atoms with Gasteiger partial charge in [0.25, 0.3) is 0 Å². The molecule has 1 aliphatic heterocycles. The number of hydrogen-bond acceptors (Lipinski definition) is 3. The van der Waals surface area contributed by atoms with Crippen LogP contribution in [0.3, 0.4) is 0 Å². The van der Waals surface area contributed by atoms with Crippen LogP contribution in [-0.4, -0.2) is 49.6 Å². The highest BCUT2D eigenvalue weighted by Gasteiger charge is 2.24. The highest BCUT2D eigenvalue weighted by molar-refractivity contribution is 5.85. The van der Waals surface area contributed by atoms with E-state index in [-0.39, 0.29) is 24.2 Å². The molecule has 2 atom stereocenters. The van der Waals surface area contributed by atoms with Gasteiger partial charge in [0, 0.05) is 25.0 Å². The molecular formula is C13H28ClN3O. The summed E-state index contributed by atoms with van der Waals surface area (Å²) in [7, 11) is 0. The Kier molecular flexibility index (Phi) is 9.42. The van der Waals surface area contributed by atoms with Crippen molar-refractivity contribution in [2.45, 2.75) is 39.7 Å². The van der Waals surface area contributed by atoms with Gasteiger partial charge in [-0.15, -0.1) is 12.4 Å². The fraction of sp³-hybridized carbons (Fsp3) is 0.923. The standard InChI is InChI=1S/C13H27N3O.ClH/c1-4-16(5-2)9-8-15-13(17)12-6-7-14-11(3)10-12;/h11-12,14H,4-10H2,1-3H3,(H,15,17);1H/t11-,12-;/m0./s1. The van der Waals surface area contributed by atoms with Gasteiger partial charge in [-0.2, -0.15) is 0 Å². The number of halogens is 1. The first-order valence-electron chi connectivity index (χ1n) is 6.90. The van der Waals surface area contributed by atoms with Gasteiger partial charge < -0.3 is 15.5 Å². The highest BCUT2D eigenvalue weighted by Crippen LogP contribution is 2.15. The maximum absolute atomic E-state index is 11.9. The smallest absolute Gasteiger partial charge is 0.223 e. The van der Waals surface area contributed by atoms with E-state index in [1.165, 1.54) is 0 Å². The van der Waals surface area contributed by atoms with E-state index in [4.69, 9.17) is 0 Å². The molecule has 0 radical (unpaired) electrons. The average Bonchev–Trinajstić information content (AvgIpc) is 2.34. The molecule has 1 aliphatic rings. The number of nitrogens with one attached hydrogen (secondary N) is 2. The van der Waals surface area contributed by atoms with Crippen LogP contribution in [0.15, 0.2) is 0 Å². The van der Waals surface area contributed by atoms with Crippen molar-refractivity contribution in [3.8, 4) is 0 Å². The van der Waals surface area contributed by atoms with Gasteiger partial charge in [-0.05, 0) is 39.4 Å². The van der Waals surface area contributed by atoms with Crippen LogP contribution in [0.25, 0.3) is 0 Å². The van der Waals surface area contributed by atoms with Gasteiger partial charge in [0.15, 0.2) is 0 Å². The number of hydrogen-bond donors (Lipinski definition) is 2. The van der Waals surface area contributed by atoms with Gasteiger partial charge in [0.2, 0.25) is 5.91 Å². The van der Waals surface area contributed by atoms with E-state index in [1.54, 1.807) is 0 Å². The Morgan fingerprint density at radius 3 is 2.61 bits per heavy atom. The third-order valence-corrected chi connectivity index (χ3v) is 3.62. The number of rotatable bonds is 6. The summed E-state index contributed by atoms with van der Waals surface area (Å²) in [5.74, 6) is 0.452. The lowest BCUT2D eigenvalue weighted by Gasteiger charge is -2.27. The maximum atomic E-state index is 11.9. The summed E-state index contributed by atoms with van der Waals surface area (Å²) in [6.07, 6.45) is 1.94. The van der Waals surface area contributed by atoms with Gasteiger partial charge >= 0.3 is 0 Å². The lowest BCUT2D eigenvalue weighted by atomic mass is 9.92. The summed E-state index contributed by atoms with van der Waals surface area (Å²) >= 11 is 0. The molecule has 0 spiro atoms. The molecular weight excluding hydrogens is 250 g/mol. The van der Waals surface area contributed by atoms with E-state index in [0.29, 0.717) is 6.04 Å². The first-order valence-corrected chi connectivity index (χ1v) is 6.90. The first kappa shape index (κ1) is 17.7. The fourth-order valence-corrected chi connectivity index (χ4v) is 2.39. The Hall–Kier alpha value is -0.320. The van der Waals surface area contributed by atoms with Crippen LogP contribution in [0.4, 0.5) is 0 Å². The van der Waals surface area contributed by atoms with Crippen molar-refractivity contribution in [1.29, 1.82) is 0 Å². The second kappa shape index (κ2) is 9.59. The zero-order valence-electron chi connectivity index (χ0n) is 11.9. The minimum Gasteiger partial charge on any atom is -0.355 e. The molecule has 1 heterocycles. The Labute approximate surface area is 117 Å². The molecule has 0 saturated carbocycles. The van der Waals surface area contributed by atoms with Crippen molar-refractivity contribution in [3.63, 3.8) is 0 Å². The van der Waals surface area contributed by atoms with E-state index in [9.17, 15) is 4.79 Å². The van der Waals surface area contributed by atoms with Gasteiger partial charge in [0.1, 0.15) is 0 Å². The molecule has 1 fully saturated rings. The second-order valence-electron chi connectivity index (χ2n) is 4.89. The first-order chi connectivity index (χ1) is 8.17. The molecule has 1 saturated heterocycles. The van der Waals surface area contributed by atoms with Crippen molar-refractivity contribution < 1.29 is 4.79 Å². The van der Waals surface area contributed by atoms with E-state index in [1.807, 2.05) is 0 Å². The van der Waals surface area contributed by atoms with Gasteiger partial charge in [0.05, 0.1) is 0 Å². The van der Waals surface area contributed by atoms with Crippen molar-refractivity contribution in [3.05, 3.63) is 0 Å². The molecule has 0 aliphatic carbocycles. The number of piperidine rings is 1. The number of carbonyl (C=O) groups is 1. The molecule has 108 valence electrons. The van der Waals surface area contributed by atoms with Crippen molar-refractivity contribution >= 4 is 18.3 Å². The van der Waals surface area contributed by atoms with Crippen LogP contribution < -0.4 is 10.6 Å². The summed E-state index contributed by atoms with van der Waals surface area (Å²) in [6, 6.07) is 0.474. The van der Waals surface area contributed by atoms with Crippen LogP contribution in [0.1, 0.15) is 33.6 Å². The van der Waals surface area contributed by atoms with Gasteiger partial charge in [-0.1, -0.05) is 13.8 Å². The summed E-state index contributed by atoms with van der Waals surface area (Å²) < 4.78 is 0. The summed E-state index contributed by atoms with van der Waals surface area (Å²) in [5.41, 5.74) is 0. The zero-order chi connectivity index (χ0) is 12.7. The summed E-state index contributed by atoms with van der Waals surface area (Å²) in [4.78, 5) is 14.3. The van der Waals surface area contributed by atoms with Crippen LogP contribution in [0.5, 0.6) is 0 Å². The lowest BCUT2D eigenvalue weighted by Crippen LogP contribution is -2.44. The lowest BCUT2D eigenvalue weighted by molar-refractivity contribution is -0.126. The molecule has 1 rings (SSSR count). The van der Waals surface area contributed by atoms with E-state index in [2.05, 4.69) is 36.3 Å². The normalized spacial score (nSPS) is 23.6. The Morgan fingerprint density at radius 1 is 1.39 bits per heavy atom. The fourth-order valence-electron chi connectivity index (χ4n) is 2.39. The molecule has 0 aromatic rings. The minimum absolute atomic E-state index is 0. The third-order valence-electron chi connectivity index (χ3n) is 3.62. The van der Waals surface area contributed by atoms with Crippen LogP contribution in [-0.2, 0) is 4.79 Å². The minimum atomic E-state index is 0. The Balaban J connectivity index is 0.00000289. The number of likely N-dealkylation sites (N-methyl/N-ethyl adjacent to an activating group) is 1. The largest absolute Gasteiger partial charge is 0.355 e. The molecule has 2 N–H and O–H groups in total. The predicted molar refractivity (Wildman–Crippen MR) is 78.2 cm³/mol. The topological polar surface area (TPSA) is 44.4 Å². The highest BCUT2D eigenvalue weighted by atomic mass is 35.5. The Morgan fingerprint density at radius 2 is 2.06 bits per heavy atom. The van der Waals surface area contributed by atoms with Crippen molar-refractivity contribution in [2.75, 3.05) is 32.7 Å². The molecule has 0 bridgehead atoms. The molecule has 1 amide bonds. The molecule has 5 heteroatoms. The summed E-state index contributed by atoms with van der Waals surface area (Å²) in [5, 5.41) is 6.43. The van der Waals surface area contributed by atoms with E-state index in [0.717, 1.165) is 45.6 Å². The Bertz CT molecular complexity index is 234. The molecule has 0 aromatic heterocycles. The third kappa shape index (κ3) is 6.03. The summed E-state index contributed by atoms with van der Waals surface area (Å²) in [6.45, 7) is 11.3. The van der Waals surface area contributed by atoms with Gasteiger partial charge in [-0.3, -0.25) is 4.79 Å². The molecule has 0 aromatic carbocycles. The number of nitrogens with zero attached hydrogens (tertiary/aromatic N) is 1. The van der Waals surface area contributed by atoms with Crippen molar-refractivity contribution in [2.24, 2.45) is 5.92 Å². The van der Waals surface area contributed by atoms with Crippen molar-refractivity contribution in [1.82, 2.24) is 15.5 Å².